The van der Waals surface area contributed by atoms with Crippen LogP contribution in [0.25, 0.3) is 22.5 Å². The average Bonchev–Trinajstić information content (AvgIpc) is 3.07. The minimum atomic E-state index is -0.171. The van der Waals surface area contributed by atoms with E-state index < -0.39 is 0 Å². The van der Waals surface area contributed by atoms with Crippen LogP contribution in [0.15, 0.2) is 60.9 Å². The van der Waals surface area contributed by atoms with E-state index in [4.69, 9.17) is 9.47 Å². The maximum atomic E-state index is 12.2. The molecule has 0 fully saturated rings. The molecule has 0 saturated carbocycles. The van der Waals surface area contributed by atoms with E-state index in [1.165, 1.54) is 89.9 Å². The molecule has 3 rings (SSSR count). The second kappa shape index (κ2) is 22.3. The van der Waals surface area contributed by atoms with Crippen LogP contribution < -0.4 is 9.47 Å². The quantitative estimate of drug-likeness (QED) is 0.0570. The molecule has 0 N–H and O–H groups in total. The summed E-state index contributed by atoms with van der Waals surface area (Å²) >= 11 is 0. The molecule has 5 nitrogen and oxygen atoms in total. The van der Waals surface area contributed by atoms with Crippen molar-refractivity contribution in [2.45, 2.75) is 136 Å². The summed E-state index contributed by atoms with van der Waals surface area (Å²) in [6, 6.07) is 15.6. The third kappa shape index (κ3) is 15.1. The van der Waals surface area contributed by atoms with Gasteiger partial charge in [-0.15, -0.1) is 0 Å². The summed E-state index contributed by atoms with van der Waals surface area (Å²) in [5, 5.41) is 0. The van der Waals surface area contributed by atoms with Crippen LogP contribution in [0.1, 0.15) is 136 Å². The van der Waals surface area contributed by atoms with Crippen LogP contribution in [0.3, 0.4) is 0 Å². The van der Waals surface area contributed by atoms with Gasteiger partial charge in [-0.25, -0.2) is 9.97 Å². The van der Waals surface area contributed by atoms with Crippen molar-refractivity contribution in [3.63, 3.8) is 0 Å². The number of unbranched alkanes of at least 4 members (excludes halogenated alkanes) is 13. The number of carbonyl (C=O) groups is 1. The van der Waals surface area contributed by atoms with Crippen LogP contribution in [0.2, 0.25) is 0 Å². The standard InChI is InChI=1S/C40H58N2O3/c1-4-6-7-8-9-10-11-12-13-14-15-16-19-30-44-37-26-24-35(25-27-37)40-41-31-36(32-42-40)34-22-28-38(29-23-34)45-39(43)21-18-17-20-33(3)5-2/h22-29,31-33H,4-21,30H2,1-3H3. The fourth-order valence-corrected chi connectivity index (χ4v) is 5.50. The fraction of sp³-hybridized carbons (Fsp3) is 0.575. The molecule has 0 aliphatic heterocycles. The minimum absolute atomic E-state index is 0.171. The van der Waals surface area contributed by atoms with Crippen LogP contribution in [0, 0.1) is 5.92 Å². The highest BCUT2D eigenvalue weighted by Crippen LogP contribution is 2.25. The van der Waals surface area contributed by atoms with Crippen molar-refractivity contribution in [2.75, 3.05) is 6.61 Å². The van der Waals surface area contributed by atoms with E-state index in [1.54, 1.807) is 0 Å². The number of ether oxygens (including phenoxy) is 2. The predicted molar refractivity (Wildman–Crippen MR) is 188 cm³/mol. The molecular formula is C40H58N2O3. The third-order valence-corrected chi connectivity index (χ3v) is 8.73. The zero-order valence-corrected chi connectivity index (χ0v) is 28.4. The highest BCUT2D eigenvalue weighted by molar-refractivity contribution is 5.73. The molecule has 0 saturated heterocycles. The summed E-state index contributed by atoms with van der Waals surface area (Å²) in [5.74, 6) is 2.69. The first kappa shape index (κ1) is 36.3. The summed E-state index contributed by atoms with van der Waals surface area (Å²) < 4.78 is 11.5. The van der Waals surface area contributed by atoms with Gasteiger partial charge in [-0.2, -0.15) is 0 Å². The van der Waals surface area contributed by atoms with Gasteiger partial charge < -0.3 is 9.47 Å². The van der Waals surface area contributed by atoms with Crippen LogP contribution in [0.5, 0.6) is 11.5 Å². The van der Waals surface area contributed by atoms with E-state index in [0.717, 1.165) is 54.2 Å². The highest BCUT2D eigenvalue weighted by Gasteiger charge is 2.08. The molecule has 0 aliphatic rings. The van der Waals surface area contributed by atoms with Gasteiger partial charge >= 0.3 is 5.97 Å². The Morgan fingerprint density at radius 1 is 0.622 bits per heavy atom. The highest BCUT2D eigenvalue weighted by atomic mass is 16.5. The topological polar surface area (TPSA) is 61.3 Å². The Bertz CT molecular complexity index is 1180. The Morgan fingerprint density at radius 3 is 1.73 bits per heavy atom. The lowest BCUT2D eigenvalue weighted by atomic mass is 10.0. The largest absolute Gasteiger partial charge is 0.494 e. The van der Waals surface area contributed by atoms with E-state index in [9.17, 15) is 4.79 Å². The lowest BCUT2D eigenvalue weighted by Gasteiger charge is -2.09. The third-order valence-electron chi connectivity index (χ3n) is 8.73. The monoisotopic (exact) mass is 614 g/mol. The fourth-order valence-electron chi connectivity index (χ4n) is 5.50. The second-order valence-electron chi connectivity index (χ2n) is 12.7. The predicted octanol–water partition coefficient (Wildman–Crippen LogP) is 11.8. The number of nitrogens with zero attached hydrogens (tertiary/aromatic N) is 2. The first-order chi connectivity index (χ1) is 22.1. The van der Waals surface area contributed by atoms with E-state index in [0.29, 0.717) is 18.0 Å². The average molecular weight is 615 g/mol. The molecule has 0 aliphatic carbocycles. The van der Waals surface area contributed by atoms with Crippen molar-refractivity contribution in [1.82, 2.24) is 9.97 Å². The molecule has 0 spiro atoms. The van der Waals surface area contributed by atoms with E-state index in [2.05, 4.69) is 30.7 Å². The molecule has 1 aromatic heterocycles. The van der Waals surface area contributed by atoms with Crippen LogP contribution in [0.4, 0.5) is 0 Å². The Balaban J connectivity index is 1.29. The number of hydrogen-bond acceptors (Lipinski definition) is 5. The first-order valence-corrected chi connectivity index (χ1v) is 18.0. The Morgan fingerprint density at radius 2 is 1.16 bits per heavy atom. The minimum Gasteiger partial charge on any atom is -0.494 e. The molecule has 3 aromatic rings. The summed E-state index contributed by atoms with van der Waals surface area (Å²) in [5.41, 5.74) is 2.85. The van der Waals surface area contributed by atoms with E-state index in [1.807, 2.05) is 60.9 Å². The van der Waals surface area contributed by atoms with Gasteiger partial charge in [0.25, 0.3) is 0 Å². The van der Waals surface area contributed by atoms with Gasteiger partial charge in [0.2, 0.25) is 0 Å². The Hall–Kier alpha value is -3.21. The first-order valence-electron chi connectivity index (χ1n) is 18.0. The molecule has 246 valence electrons. The summed E-state index contributed by atoms with van der Waals surface area (Å²) in [6.45, 7) is 7.51. The van der Waals surface area contributed by atoms with Gasteiger partial charge in [-0.1, -0.05) is 129 Å². The normalized spacial score (nSPS) is 11.8. The molecule has 45 heavy (non-hydrogen) atoms. The maximum absolute atomic E-state index is 12.2. The molecule has 2 aromatic carbocycles. The zero-order chi connectivity index (χ0) is 32.0. The molecule has 1 atom stereocenters. The Labute approximate surface area is 273 Å². The van der Waals surface area contributed by atoms with Gasteiger partial charge in [0, 0.05) is 29.9 Å². The van der Waals surface area contributed by atoms with Gasteiger partial charge in [-0.05, 0) is 60.7 Å². The van der Waals surface area contributed by atoms with Crippen molar-refractivity contribution in [1.29, 1.82) is 0 Å². The SMILES string of the molecule is CCCCCCCCCCCCCCCOc1ccc(-c2ncc(-c3ccc(OC(=O)CCCCC(C)CC)cc3)cn2)cc1. The van der Waals surface area contributed by atoms with Crippen LogP contribution in [-0.2, 0) is 4.79 Å². The molecule has 1 heterocycles. The number of rotatable bonds is 24. The lowest BCUT2D eigenvalue weighted by Crippen LogP contribution is -2.07. The number of benzene rings is 2. The van der Waals surface area contributed by atoms with E-state index >= 15 is 0 Å². The van der Waals surface area contributed by atoms with Crippen molar-refractivity contribution < 1.29 is 14.3 Å². The van der Waals surface area contributed by atoms with E-state index in [-0.39, 0.29) is 5.97 Å². The maximum Gasteiger partial charge on any atom is 0.311 e. The van der Waals surface area contributed by atoms with Crippen LogP contribution >= 0.6 is 0 Å². The second-order valence-corrected chi connectivity index (χ2v) is 12.7. The lowest BCUT2D eigenvalue weighted by molar-refractivity contribution is -0.134. The van der Waals surface area contributed by atoms with Crippen molar-refractivity contribution in [3.8, 4) is 34.0 Å². The van der Waals surface area contributed by atoms with Crippen molar-refractivity contribution in [2.24, 2.45) is 5.92 Å². The summed E-state index contributed by atoms with van der Waals surface area (Å²) in [6.07, 6.45) is 26.0. The molecule has 0 radical (unpaired) electrons. The molecule has 5 heteroatoms. The molecule has 0 amide bonds. The van der Waals surface area contributed by atoms with Gasteiger partial charge in [0.05, 0.1) is 6.61 Å². The molecule has 0 bridgehead atoms. The van der Waals surface area contributed by atoms with Crippen molar-refractivity contribution in [3.05, 3.63) is 60.9 Å². The Kier molecular flexibility index (Phi) is 18.0. The zero-order valence-electron chi connectivity index (χ0n) is 28.4. The number of carbonyl (C=O) groups excluding carboxylic acids is 1. The molecule has 1 unspecified atom stereocenters. The summed E-state index contributed by atoms with van der Waals surface area (Å²) in [7, 11) is 0. The molecular weight excluding hydrogens is 556 g/mol. The smallest absolute Gasteiger partial charge is 0.311 e. The van der Waals surface area contributed by atoms with Gasteiger partial charge in [-0.3, -0.25) is 4.79 Å². The number of aromatic nitrogens is 2. The summed E-state index contributed by atoms with van der Waals surface area (Å²) in [4.78, 5) is 21.4. The number of esters is 1. The van der Waals surface area contributed by atoms with Crippen LogP contribution in [-0.4, -0.2) is 22.5 Å². The number of hydrogen-bond donors (Lipinski definition) is 0. The van der Waals surface area contributed by atoms with Gasteiger partial charge in [0.1, 0.15) is 11.5 Å². The van der Waals surface area contributed by atoms with Gasteiger partial charge in [0.15, 0.2) is 5.82 Å². The van der Waals surface area contributed by atoms with Crippen molar-refractivity contribution >= 4 is 5.97 Å².